The van der Waals surface area contributed by atoms with Gasteiger partial charge in [-0.2, -0.15) is 0 Å². The molecule has 1 aliphatic rings. The van der Waals surface area contributed by atoms with Crippen LogP contribution in [0.25, 0.3) is 0 Å². The molecule has 0 amide bonds. The smallest absolute Gasteiger partial charge is 0.123 e. The largest absolute Gasteiger partial charge is 0.300 e. The van der Waals surface area contributed by atoms with Crippen molar-refractivity contribution in [1.29, 1.82) is 0 Å². The molecule has 114 valence electrons. The summed E-state index contributed by atoms with van der Waals surface area (Å²) >= 11 is 1.83. The minimum Gasteiger partial charge on any atom is -0.300 e. The molecule has 0 bridgehead atoms. The molecule has 0 heterocycles. The summed E-state index contributed by atoms with van der Waals surface area (Å²) in [4.78, 5) is 3.79. The molecule has 0 atom stereocenters. The first kappa shape index (κ1) is 17.8. The summed E-state index contributed by atoms with van der Waals surface area (Å²) < 4.78 is 12.8. The van der Waals surface area contributed by atoms with E-state index < -0.39 is 0 Å². The predicted molar refractivity (Wildman–Crippen MR) is 88.5 cm³/mol. The summed E-state index contributed by atoms with van der Waals surface area (Å²) in [6, 6.07) is 7.63. The highest BCUT2D eigenvalue weighted by Gasteiger charge is 2.19. The van der Waals surface area contributed by atoms with Crippen LogP contribution in [0.2, 0.25) is 0 Å². The number of halogens is 2. The SMILES string of the molecule is CCN(CCSc1ccc(F)cc1)C1CCCCC1.Cl. The fourth-order valence-electron chi connectivity index (χ4n) is 2.86. The van der Waals surface area contributed by atoms with Crippen molar-refractivity contribution in [3.63, 3.8) is 0 Å². The fraction of sp³-hybridized carbons (Fsp3) is 0.625. The van der Waals surface area contributed by atoms with Crippen LogP contribution in [-0.2, 0) is 0 Å². The lowest BCUT2D eigenvalue weighted by Gasteiger charge is -2.33. The van der Waals surface area contributed by atoms with Crippen molar-refractivity contribution < 1.29 is 4.39 Å². The van der Waals surface area contributed by atoms with Crippen LogP contribution in [0, 0.1) is 5.82 Å². The molecule has 0 spiro atoms. The highest BCUT2D eigenvalue weighted by Crippen LogP contribution is 2.24. The molecule has 1 nitrogen and oxygen atoms in total. The average Bonchev–Trinajstić information content (AvgIpc) is 2.46. The topological polar surface area (TPSA) is 3.24 Å². The molecule has 1 aromatic rings. The van der Waals surface area contributed by atoms with Crippen molar-refractivity contribution in [2.45, 2.75) is 50.0 Å². The van der Waals surface area contributed by atoms with Crippen molar-refractivity contribution in [2.75, 3.05) is 18.8 Å². The van der Waals surface area contributed by atoms with Gasteiger partial charge in [0, 0.05) is 23.2 Å². The maximum absolute atomic E-state index is 12.8. The van der Waals surface area contributed by atoms with Crippen LogP contribution in [0.5, 0.6) is 0 Å². The lowest BCUT2D eigenvalue weighted by Crippen LogP contribution is -2.38. The third kappa shape index (κ3) is 5.63. The zero-order valence-corrected chi connectivity index (χ0v) is 13.8. The summed E-state index contributed by atoms with van der Waals surface area (Å²) in [5, 5.41) is 0. The summed E-state index contributed by atoms with van der Waals surface area (Å²) in [5.74, 6) is 0.942. The number of rotatable bonds is 6. The minimum atomic E-state index is -0.151. The minimum absolute atomic E-state index is 0. The molecule has 0 radical (unpaired) electrons. The van der Waals surface area contributed by atoms with Gasteiger partial charge in [0.25, 0.3) is 0 Å². The van der Waals surface area contributed by atoms with Gasteiger partial charge in [0.1, 0.15) is 5.82 Å². The highest BCUT2D eigenvalue weighted by molar-refractivity contribution is 7.99. The molecule has 20 heavy (non-hydrogen) atoms. The van der Waals surface area contributed by atoms with Crippen molar-refractivity contribution in [2.24, 2.45) is 0 Å². The zero-order valence-electron chi connectivity index (χ0n) is 12.2. The monoisotopic (exact) mass is 317 g/mol. The molecule has 1 aliphatic carbocycles. The van der Waals surface area contributed by atoms with Crippen LogP contribution in [0.3, 0.4) is 0 Å². The highest BCUT2D eigenvalue weighted by atomic mass is 35.5. The van der Waals surface area contributed by atoms with Gasteiger partial charge in [0.2, 0.25) is 0 Å². The summed E-state index contributed by atoms with van der Waals surface area (Å²) in [6.07, 6.45) is 6.95. The first-order chi connectivity index (χ1) is 9.29. The number of hydrogen-bond acceptors (Lipinski definition) is 2. The fourth-order valence-corrected chi connectivity index (χ4v) is 3.75. The van der Waals surface area contributed by atoms with E-state index in [0.29, 0.717) is 0 Å². The molecular formula is C16H25ClFNS. The molecule has 0 saturated heterocycles. The van der Waals surface area contributed by atoms with Crippen LogP contribution < -0.4 is 0 Å². The van der Waals surface area contributed by atoms with E-state index in [2.05, 4.69) is 11.8 Å². The van der Waals surface area contributed by atoms with Crippen LogP contribution in [0.1, 0.15) is 39.0 Å². The molecule has 1 fully saturated rings. The van der Waals surface area contributed by atoms with E-state index >= 15 is 0 Å². The van der Waals surface area contributed by atoms with E-state index in [0.717, 1.165) is 24.9 Å². The van der Waals surface area contributed by atoms with Crippen LogP contribution in [0.15, 0.2) is 29.2 Å². The Labute approximate surface area is 132 Å². The van der Waals surface area contributed by atoms with Crippen molar-refractivity contribution >= 4 is 24.2 Å². The predicted octanol–water partition coefficient (Wildman–Crippen LogP) is 4.99. The molecule has 0 unspecified atom stereocenters. The Morgan fingerprint density at radius 2 is 1.80 bits per heavy atom. The summed E-state index contributed by atoms with van der Waals surface area (Å²) in [5.41, 5.74) is 0. The summed E-state index contributed by atoms with van der Waals surface area (Å²) in [6.45, 7) is 4.55. The van der Waals surface area contributed by atoms with E-state index in [1.54, 1.807) is 12.1 Å². The first-order valence-corrected chi connectivity index (χ1v) is 8.40. The first-order valence-electron chi connectivity index (χ1n) is 7.42. The van der Waals surface area contributed by atoms with Gasteiger partial charge < -0.3 is 0 Å². The number of benzene rings is 1. The maximum Gasteiger partial charge on any atom is 0.123 e. The lowest BCUT2D eigenvalue weighted by atomic mass is 9.94. The zero-order chi connectivity index (χ0) is 13.5. The molecule has 0 N–H and O–H groups in total. The Bertz CT molecular complexity index is 365. The van der Waals surface area contributed by atoms with Crippen LogP contribution in [-0.4, -0.2) is 29.8 Å². The van der Waals surface area contributed by atoms with Crippen LogP contribution >= 0.6 is 24.2 Å². The second-order valence-corrected chi connectivity index (χ2v) is 6.39. The van der Waals surface area contributed by atoms with E-state index in [-0.39, 0.29) is 18.2 Å². The third-order valence-electron chi connectivity index (χ3n) is 3.96. The Hall–Kier alpha value is -0.250. The van der Waals surface area contributed by atoms with E-state index in [4.69, 9.17) is 0 Å². The third-order valence-corrected chi connectivity index (χ3v) is 4.95. The normalized spacial score (nSPS) is 16.1. The van der Waals surface area contributed by atoms with Crippen molar-refractivity contribution in [1.82, 2.24) is 4.90 Å². The van der Waals surface area contributed by atoms with Gasteiger partial charge in [0.05, 0.1) is 0 Å². The maximum atomic E-state index is 12.8. The van der Waals surface area contributed by atoms with Gasteiger partial charge in [0.15, 0.2) is 0 Å². The molecule has 4 heteroatoms. The van der Waals surface area contributed by atoms with Gasteiger partial charge in [-0.3, -0.25) is 4.90 Å². The standard InChI is InChI=1S/C16H24FNS.ClH/c1-2-18(15-6-4-3-5-7-15)12-13-19-16-10-8-14(17)9-11-16;/h8-11,15H,2-7,12-13H2,1H3;1H. The Balaban J connectivity index is 0.00000200. The average molecular weight is 318 g/mol. The van der Waals surface area contributed by atoms with Crippen molar-refractivity contribution in [3.05, 3.63) is 30.1 Å². The second kappa shape index (κ2) is 9.64. The van der Waals surface area contributed by atoms with Gasteiger partial charge in [-0.15, -0.1) is 24.2 Å². The quantitative estimate of drug-likeness (QED) is 0.680. The van der Waals surface area contributed by atoms with E-state index in [1.807, 2.05) is 23.9 Å². The Morgan fingerprint density at radius 1 is 1.15 bits per heavy atom. The number of nitrogens with zero attached hydrogens (tertiary/aromatic N) is 1. The molecule has 0 aliphatic heterocycles. The van der Waals surface area contributed by atoms with Crippen LogP contribution in [0.4, 0.5) is 4.39 Å². The molecule has 0 aromatic heterocycles. The van der Waals surface area contributed by atoms with Gasteiger partial charge in [-0.05, 0) is 43.7 Å². The molecule has 1 saturated carbocycles. The molecule has 1 aromatic carbocycles. The number of hydrogen-bond donors (Lipinski definition) is 0. The van der Waals surface area contributed by atoms with Gasteiger partial charge in [-0.25, -0.2) is 4.39 Å². The van der Waals surface area contributed by atoms with Gasteiger partial charge >= 0.3 is 0 Å². The Kier molecular flexibility index (Phi) is 8.58. The summed E-state index contributed by atoms with van der Waals surface area (Å²) in [7, 11) is 0. The number of thioether (sulfide) groups is 1. The lowest BCUT2D eigenvalue weighted by molar-refractivity contribution is 0.173. The molecular weight excluding hydrogens is 293 g/mol. The van der Waals surface area contributed by atoms with Gasteiger partial charge in [-0.1, -0.05) is 26.2 Å². The Morgan fingerprint density at radius 3 is 2.40 bits per heavy atom. The van der Waals surface area contributed by atoms with E-state index in [1.165, 1.54) is 37.0 Å². The second-order valence-electron chi connectivity index (χ2n) is 5.22. The van der Waals surface area contributed by atoms with Crippen molar-refractivity contribution in [3.8, 4) is 0 Å². The van der Waals surface area contributed by atoms with E-state index in [9.17, 15) is 4.39 Å². The molecule has 2 rings (SSSR count).